The van der Waals surface area contributed by atoms with Gasteiger partial charge in [-0.05, 0) is 23.8 Å². The summed E-state index contributed by atoms with van der Waals surface area (Å²) in [5.74, 6) is 0.887. The molecule has 2 nitrogen and oxygen atoms in total. The molecule has 1 aromatic heterocycles. The van der Waals surface area contributed by atoms with Gasteiger partial charge in [-0.3, -0.25) is 0 Å². The van der Waals surface area contributed by atoms with Gasteiger partial charge in [0.1, 0.15) is 10.8 Å². The number of thiazole rings is 1. The highest BCUT2D eigenvalue weighted by molar-refractivity contribution is 7.15. The van der Waals surface area contributed by atoms with Gasteiger partial charge in [-0.25, -0.2) is 4.98 Å². The van der Waals surface area contributed by atoms with Crippen LogP contribution in [0.3, 0.4) is 0 Å². The van der Waals surface area contributed by atoms with E-state index >= 15 is 0 Å². The maximum Gasteiger partial charge on any atom is 0.124 e. The fourth-order valence-corrected chi connectivity index (χ4v) is 2.92. The van der Waals surface area contributed by atoms with Crippen LogP contribution in [0.4, 0.5) is 0 Å². The molecular weight excluding hydrogens is 266 g/mol. The molecule has 0 aliphatic heterocycles. The highest BCUT2D eigenvalue weighted by Crippen LogP contribution is 2.26. The van der Waals surface area contributed by atoms with Crippen molar-refractivity contribution < 1.29 is 4.74 Å². The van der Waals surface area contributed by atoms with Crippen LogP contribution in [0.15, 0.2) is 54.7 Å². The summed E-state index contributed by atoms with van der Waals surface area (Å²) >= 11 is 1.72. The molecule has 0 fully saturated rings. The molecule has 0 bridgehead atoms. The minimum Gasteiger partial charge on any atom is -0.497 e. The lowest BCUT2D eigenvalue weighted by Crippen LogP contribution is -1.86. The van der Waals surface area contributed by atoms with Gasteiger partial charge in [0.15, 0.2) is 0 Å². The van der Waals surface area contributed by atoms with Crippen molar-refractivity contribution in [2.45, 2.75) is 6.42 Å². The van der Waals surface area contributed by atoms with Gasteiger partial charge in [-0.15, -0.1) is 11.3 Å². The highest BCUT2D eigenvalue weighted by atomic mass is 32.1. The third-order valence-corrected chi connectivity index (χ3v) is 4.06. The monoisotopic (exact) mass is 280 g/mol. The van der Waals surface area contributed by atoms with E-state index in [4.69, 9.17) is 4.74 Å². The van der Waals surface area contributed by atoms with Crippen LogP contribution in [0.2, 0.25) is 0 Å². The second kappa shape index (κ2) is 5.88. The van der Waals surface area contributed by atoms with Crippen molar-refractivity contribution in [3.63, 3.8) is 0 Å². The van der Waals surface area contributed by atoms with E-state index in [0.29, 0.717) is 0 Å². The first-order chi connectivity index (χ1) is 9.85. The summed E-state index contributed by atoms with van der Waals surface area (Å²) in [6.45, 7) is 0. The SMILES string of the molecule is COc1ccc(Cc2cnc(-c3[c]cccc3)s2)cc1. The second-order valence-electron chi connectivity index (χ2n) is 4.43. The minimum absolute atomic E-state index is 0.887. The van der Waals surface area contributed by atoms with Crippen LogP contribution in [0.25, 0.3) is 10.6 Å². The Bertz CT molecular complexity index is 674. The number of nitrogens with zero attached hydrogens (tertiary/aromatic N) is 1. The zero-order chi connectivity index (χ0) is 13.8. The van der Waals surface area contributed by atoms with Gasteiger partial charge in [0.25, 0.3) is 0 Å². The van der Waals surface area contributed by atoms with E-state index in [0.717, 1.165) is 22.7 Å². The molecule has 0 saturated carbocycles. The van der Waals surface area contributed by atoms with Gasteiger partial charge in [0.2, 0.25) is 0 Å². The van der Waals surface area contributed by atoms with Crippen molar-refractivity contribution in [1.82, 2.24) is 4.98 Å². The van der Waals surface area contributed by atoms with Crippen molar-refractivity contribution in [3.8, 4) is 16.3 Å². The summed E-state index contributed by atoms with van der Waals surface area (Å²) in [7, 11) is 1.68. The number of rotatable bonds is 4. The van der Waals surface area contributed by atoms with Gasteiger partial charge < -0.3 is 4.74 Å². The molecule has 0 aliphatic rings. The Morgan fingerprint density at radius 2 is 2.00 bits per heavy atom. The molecule has 0 aliphatic carbocycles. The lowest BCUT2D eigenvalue weighted by Gasteiger charge is -2.01. The van der Waals surface area contributed by atoms with E-state index in [1.54, 1.807) is 18.4 Å². The molecule has 0 amide bonds. The standard InChI is InChI=1S/C17H14NOS/c1-19-15-9-7-13(8-10-15)11-16-12-18-17(20-16)14-5-3-2-4-6-14/h2-5,7-10,12H,11H2,1H3. The Balaban J connectivity index is 1.77. The van der Waals surface area contributed by atoms with Gasteiger partial charge in [-0.1, -0.05) is 36.4 Å². The first kappa shape index (κ1) is 12.9. The van der Waals surface area contributed by atoms with Crippen molar-refractivity contribution >= 4 is 11.3 Å². The fraction of sp³-hybridized carbons (Fsp3) is 0.118. The molecular formula is C17H14NOS. The number of methoxy groups -OCH3 is 1. The predicted octanol–water partition coefficient (Wildman–Crippen LogP) is 4.21. The largest absolute Gasteiger partial charge is 0.497 e. The van der Waals surface area contributed by atoms with E-state index in [-0.39, 0.29) is 0 Å². The molecule has 0 saturated heterocycles. The summed E-state index contributed by atoms with van der Waals surface area (Å²) in [6.07, 6.45) is 2.85. The third-order valence-electron chi connectivity index (χ3n) is 3.03. The summed E-state index contributed by atoms with van der Waals surface area (Å²) < 4.78 is 5.17. The second-order valence-corrected chi connectivity index (χ2v) is 5.55. The van der Waals surface area contributed by atoms with Crippen LogP contribution in [0, 0.1) is 6.07 Å². The molecule has 20 heavy (non-hydrogen) atoms. The first-order valence-electron chi connectivity index (χ1n) is 6.40. The summed E-state index contributed by atoms with van der Waals surface area (Å²) in [4.78, 5) is 5.73. The molecule has 1 radical (unpaired) electrons. The average molecular weight is 280 g/mol. The number of benzene rings is 2. The molecule has 3 heteroatoms. The molecule has 1 heterocycles. The van der Waals surface area contributed by atoms with E-state index < -0.39 is 0 Å². The van der Waals surface area contributed by atoms with Gasteiger partial charge in [-0.2, -0.15) is 0 Å². The maximum atomic E-state index is 5.17. The molecule has 0 atom stereocenters. The van der Waals surface area contributed by atoms with E-state index in [1.807, 2.05) is 42.6 Å². The fourth-order valence-electron chi connectivity index (χ4n) is 1.98. The van der Waals surface area contributed by atoms with Crippen LogP contribution in [0.1, 0.15) is 10.4 Å². The Morgan fingerprint density at radius 3 is 2.70 bits per heavy atom. The number of hydrogen-bond acceptors (Lipinski definition) is 3. The predicted molar refractivity (Wildman–Crippen MR) is 82.2 cm³/mol. The normalized spacial score (nSPS) is 10.4. The lowest BCUT2D eigenvalue weighted by molar-refractivity contribution is 0.414. The van der Waals surface area contributed by atoms with E-state index in [2.05, 4.69) is 23.2 Å². The first-order valence-corrected chi connectivity index (χ1v) is 7.21. The van der Waals surface area contributed by atoms with Crippen molar-refractivity contribution in [2.24, 2.45) is 0 Å². The number of hydrogen-bond donors (Lipinski definition) is 0. The molecule has 2 aromatic carbocycles. The lowest BCUT2D eigenvalue weighted by atomic mass is 10.1. The Hall–Kier alpha value is -2.13. The van der Waals surface area contributed by atoms with Gasteiger partial charge >= 0.3 is 0 Å². The van der Waals surface area contributed by atoms with Crippen LogP contribution in [-0.2, 0) is 6.42 Å². The number of aromatic nitrogens is 1. The third kappa shape index (κ3) is 2.89. The zero-order valence-electron chi connectivity index (χ0n) is 11.2. The van der Waals surface area contributed by atoms with Gasteiger partial charge in [0.05, 0.1) is 7.11 Å². The van der Waals surface area contributed by atoms with Crippen LogP contribution < -0.4 is 4.74 Å². The molecule has 99 valence electrons. The quantitative estimate of drug-likeness (QED) is 0.714. The van der Waals surface area contributed by atoms with Crippen LogP contribution in [-0.4, -0.2) is 12.1 Å². The van der Waals surface area contributed by atoms with Crippen molar-refractivity contribution in [1.29, 1.82) is 0 Å². The Labute approximate surface area is 122 Å². The summed E-state index contributed by atoms with van der Waals surface area (Å²) in [6, 6.07) is 19.3. The van der Waals surface area contributed by atoms with Gasteiger partial charge in [0, 0.05) is 23.1 Å². The Kier molecular flexibility index (Phi) is 3.79. The summed E-state index contributed by atoms with van der Waals surface area (Å²) in [5.41, 5.74) is 2.32. The molecule has 3 aromatic rings. The smallest absolute Gasteiger partial charge is 0.124 e. The molecule has 0 spiro atoms. The van der Waals surface area contributed by atoms with E-state index in [9.17, 15) is 0 Å². The molecule has 0 unspecified atom stereocenters. The minimum atomic E-state index is 0.887. The summed E-state index contributed by atoms with van der Waals surface area (Å²) in [5, 5.41) is 1.02. The van der Waals surface area contributed by atoms with Crippen LogP contribution in [0.5, 0.6) is 5.75 Å². The highest BCUT2D eigenvalue weighted by Gasteiger charge is 2.05. The zero-order valence-corrected chi connectivity index (χ0v) is 12.0. The topological polar surface area (TPSA) is 22.1 Å². The van der Waals surface area contributed by atoms with Crippen LogP contribution >= 0.6 is 11.3 Å². The van der Waals surface area contributed by atoms with Crippen molar-refractivity contribution in [2.75, 3.05) is 7.11 Å². The maximum absolute atomic E-state index is 5.17. The Morgan fingerprint density at radius 1 is 1.15 bits per heavy atom. The number of ether oxygens (including phenoxy) is 1. The average Bonchev–Trinajstić information content (AvgIpc) is 2.97. The van der Waals surface area contributed by atoms with E-state index in [1.165, 1.54) is 10.4 Å². The van der Waals surface area contributed by atoms with Crippen molar-refractivity contribution in [3.05, 3.63) is 71.2 Å². The molecule has 0 N–H and O–H groups in total. The molecule has 3 rings (SSSR count).